The number of nitrogens with two attached hydrogens (primary N) is 1. The average Bonchev–Trinajstić information content (AvgIpc) is 2.70. The highest BCUT2D eigenvalue weighted by molar-refractivity contribution is 5.98. The van der Waals surface area contributed by atoms with E-state index in [9.17, 15) is 4.79 Å². The Morgan fingerprint density at radius 3 is 3.07 bits per heavy atom. The topological polar surface area (TPSA) is 101 Å². The second-order valence-corrected chi connectivity index (χ2v) is 3.07. The van der Waals surface area contributed by atoms with E-state index in [1.54, 1.807) is 19.1 Å². The standard InChI is InChI=1S/C9H13N3O3/c1-6(7-3-2-4-15-7)11-9(13)5-8(10)12-14/h2-4,6,14H,5H2,1H3,(H2,10,12)(H,11,13). The molecule has 6 heteroatoms. The van der Waals surface area contributed by atoms with Crippen LogP contribution >= 0.6 is 0 Å². The van der Waals surface area contributed by atoms with Gasteiger partial charge in [0.05, 0.1) is 18.7 Å². The van der Waals surface area contributed by atoms with E-state index in [1.807, 2.05) is 0 Å². The summed E-state index contributed by atoms with van der Waals surface area (Å²) in [4.78, 5) is 11.3. The van der Waals surface area contributed by atoms with Crippen molar-refractivity contribution in [3.8, 4) is 0 Å². The first-order valence-electron chi connectivity index (χ1n) is 4.42. The lowest BCUT2D eigenvalue weighted by Gasteiger charge is -2.10. The van der Waals surface area contributed by atoms with Crippen LogP contribution in [-0.2, 0) is 4.79 Å². The van der Waals surface area contributed by atoms with Gasteiger partial charge in [-0.25, -0.2) is 0 Å². The monoisotopic (exact) mass is 211 g/mol. The summed E-state index contributed by atoms with van der Waals surface area (Å²) < 4.78 is 5.10. The lowest BCUT2D eigenvalue weighted by atomic mass is 10.2. The zero-order valence-corrected chi connectivity index (χ0v) is 8.30. The number of rotatable bonds is 4. The maximum absolute atomic E-state index is 11.3. The maximum Gasteiger partial charge on any atom is 0.228 e. The first kappa shape index (κ1) is 11.1. The first-order valence-corrected chi connectivity index (χ1v) is 4.42. The SMILES string of the molecule is CC(NC(=O)C/C(N)=N/O)c1ccco1. The Bertz CT molecular complexity index is 345. The fourth-order valence-corrected chi connectivity index (χ4v) is 1.10. The first-order chi connectivity index (χ1) is 7.13. The summed E-state index contributed by atoms with van der Waals surface area (Å²) in [5.74, 6) is 0.205. The number of nitrogens with one attached hydrogen (secondary N) is 1. The fraction of sp³-hybridized carbons (Fsp3) is 0.333. The van der Waals surface area contributed by atoms with Gasteiger partial charge < -0.3 is 20.7 Å². The van der Waals surface area contributed by atoms with Gasteiger partial charge >= 0.3 is 0 Å². The number of hydrogen-bond donors (Lipinski definition) is 3. The van der Waals surface area contributed by atoms with Crippen molar-refractivity contribution in [1.29, 1.82) is 0 Å². The Labute approximate surface area is 86.7 Å². The van der Waals surface area contributed by atoms with Crippen molar-refractivity contribution in [2.45, 2.75) is 19.4 Å². The van der Waals surface area contributed by atoms with Crippen molar-refractivity contribution in [2.75, 3.05) is 0 Å². The fourth-order valence-electron chi connectivity index (χ4n) is 1.10. The number of amidine groups is 1. The second-order valence-electron chi connectivity index (χ2n) is 3.07. The van der Waals surface area contributed by atoms with E-state index in [-0.39, 0.29) is 24.2 Å². The number of carbonyl (C=O) groups excluding carboxylic acids is 1. The van der Waals surface area contributed by atoms with E-state index < -0.39 is 0 Å². The zero-order chi connectivity index (χ0) is 11.3. The van der Waals surface area contributed by atoms with E-state index in [0.29, 0.717) is 5.76 Å². The Kier molecular flexibility index (Phi) is 3.73. The third-order valence-corrected chi connectivity index (χ3v) is 1.82. The minimum absolute atomic E-state index is 0.126. The molecule has 0 bridgehead atoms. The van der Waals surface area contributed by atoms with Crippen LogP contribution in [0.25, 0.3) is 0 Å². The largest absolute Gasteiger partial charge is 0.467 e. The highest BCUT2D eigenvalue weighted by Crippen LogP contribution is 2.11. The third-order valence-electron chi connectivity index (χ3n) is 1.82. The minimum Gasteiger partial charge on any atom is -0.467 e. The summed E-state index contributed by atoms with van der Waals surface area (Å²) in [5.41, 5.74) is 5.18. The quantitative estimate of drug-likeness (QED) is 0.293. The van der Waals surface area contributed by atoms with Crippen LogP contribution in [0.5, 0.6) is 0 Å². The number of nitrogens with zero attached hydrogens (tertiary/aromatic N) is 1. The third kappa shape index (κ3) is 3.34. The van der Waals surface area contributed by atoms with Crippen LogP contribution in [0.4, 0.5) is 0 Å². The molecule has 1 aromatic rings. The van der Waals surface area contributed by atoms with Gasteiger partial charge in [0.15, 0.2) is 0 Å². The number of furan rings is 1. The lowest BCUT2D eigenvalue weighted by Crippen LogP contribution is -2.30. The molecule has 0 saturated heterocycles. The van der Waals surface area contributed by atoms with Gasteiger partial charge in [0.2, 0.25) is 5.91 Å². The zero-order valence-electron chi connectivity index (χ0n) is 8.30. The van der Waals surface area contributed by atoms with Crippen LogP contribution in [0.15, 0.2) is 28.0 Å². The Morgan fingerprint density at radius 1 is 1.80 bits per heavy atom. The van der Waals surface area contributed by atoms with Gasteiger partial charge in [-0.15, -0.1) is 0 Å². The Hall–Kier alpha value is -1.98. The molecule has 1 amide bonds. The lowest BCUT2D eigenvalue weighted by molar-refractivity contribution is -0.120. The molecule has 0 aliphatic heterocycles. The van der Waals surface area contributed by atoms with Gasteiger partial charge in [0, 0.05) is 0 Å². The highest BCUT2D eigenvalue weighted by Gasteiger charge is 2.12. The van der Waals surface area contributed by atoms with Crippen LogP contribution in [0.1, 0.15) is 25.1 Å². The minimum atomic E-state index is -0.325. The second kappa shape index (κ2) is 5.04. The van der Waals surface area contributed by atoms with Gasteiger partial charge in [-0.3, -0.25) is 4.79 Å². The summed E-state index contributed by atoms with van der Waals surface area (Å²) in [6.45, 7) is 1.78. The molecule has 4 N–H and O–H groups in total. The normalized spacial score (nSPS) is 13.5. The maximum atomic E-state index is 11.3. The van der Waals surface area contributed by atoms with E-state index in [2.05, 4.69) is 10.5 Å². The predicted octanol–water partition coefficient (Wildman–Crippen LogP) is 0.593. The summed E-state index contributed by atoms with van der Waals surface area (Å²) in [7, 11) is 0. The van der Waals surface area contributed by atoms with Crippen molar-refractivity contribution in [3.05, 3.63) is 24.2 Å². The van der Waals surface area contributed by atoms with Crippen LogP contribution in [0.3, 0.4) is 0 Å². The smallest absolute Gasteiger partial charge is 0.228 e. The van der Waals surface area contributed by atoms with Gasteiger partial charge in [-0.05, 0) is 19.1 Å². The van der Waals surface area contributed by atoms with Crippen molar-refractivity contribution < 1.29 is 14.4 Å². The van der Waals surface area contributed by atoms with Crippen LogP contribution in [-0.4, -0.2) is 17.0 Å². The molecule has 0 spiro atoms. The Morgan fingerprint density at radius 2 is 2.53 bits per heavy atom. The van der Waals surface area contributed by atoms with Crippen molar-refractivity contribution >= 4 is 11.7 Å². The molecule has 1 atom stereocenters. The van der Waals surface area contributed by atoms with Crippen molar-refractivity contribution in [1.82, 2.24) is 5.32 Å². The molecule has 1 heterocycles. The molecule has 15 heavy (non-hydrogen) atoms. The van der Waals surface area contributed by atoms with Crippen LogP contribution in [0.2, 0.25) is 0 Å². The van der Waals surface area contributed by atoms with Gasteiger partial charge in [-0.2, -0.15) is 0 Å². The van der Waals surface area contributed by atoms with Crippen LogP contribution in [0, 0.1) is 0 Å². The number of hydrogen-bond acceptors (Lipinski definition) is 4. The number of carbonyl (C=O) groups is 1. The highest BCUT2D eigenvalue weighted by atomic mass is 16.4. The summed E-state index contributed by atoms with van der Waals surface area (Å²) in [6, 6.07) is 3.26. The molecule has 0 fully saturated rings. The average molecular weight is 211 g/mol. The molecule has 82 valence electrons. The van der Waals surface area contributed by atoms with Gasteiger partial charge in [-0.1, -0.05) is 5.16 Å². The molecule has 0 aliphatic carbocycles. The summed E-state index contributed by atoms with van der Waals surface area (Å²) in [5, 5.41) is 13.6. The van der Waals surface area contributed by atoms with E-state index in [1.165, 1.54) is 6.26 Å². The molecule has 1 rings (SSSR count). The number of oxime groups is 1. The summed E-state index contributed by atoms with van der Waals surface area (Å²) in [6.07, 6.45) is 1.39. The van der Waals surface area contributed by atoms with Crippen molar-refractivity contribution in [2.24, 2.45) is 10.9 Å². The molecule has 1 aromatic heterocycles. The summed E-state index contributed by atoms with van der Waals surface area (Å²) >= 11 is 0. The Balaban J connectivity index is 2.45. The molecule has 0 aromatic carbocycles. The predicted molar refractivity (Wildman–Crippen MR) is 53.3 cm³/mol. The molecule has 0 radical (unpaired) electrons. The van der Waals surface area contributed by atoms with E-state index >= 15 is 0 Å². The van der Waals surface area contributed by atoms with E-state index in [4.69, 9.17) is 15.4 Å². The molecule has 1 unspecified atom stereocenters. The van der Waals surface area contributed by atoms with Gasteiger partial charge in [0.25, 0.3) is 0 Å². The molecular weight excluding hydrogens is 198 g/mol. The number of amides is 1. The van der Waals surface area contributed by atoms with Crippen LogP contribution < -0.4 is 11.1 Å². The van der Waals surface area contributed by atoms with Gasteiger partial charge in [0.1, 0.15) is 11.6 Å². The van der Waals surface area contributed by atoms with E-state index in [0.717, 1.165) is 0 Å². The van der Waals surface area contributed by atoms with Crippen molar-refractivity contribution in [3.63, 3.8) is 0 Å². The molecule has 0 saturated carbocycles. The molecule has 6 nitrogen and oxygen atoms in total. The molecular formula is C9H13N3O3. The molecule has 0 aliphatic rings.